The van der Waals surface area contributed by atoms with Gasteiger partial charge in [-0.15, -0.1) is 0 Å². The summed E-state index contributed by atoms with van der Waals surface area (Å²) in [5, 5.41) is 9.02. The van der Waals surface area contributed by atoms with Crippen LogP contribution in [-0.4, -0.2) is 19.1 Å². The van der Waals surface area contributed by atoms with Gasteiger partial charge in [0.25, 0.3) is 0 Å². The first kappa shape index (κ1) is 17.2. The summed E-state index contributed by atoms with van der Waals surface area (Å²) in [6.45, 7) is 11.2. The van der Waals surface area contributed by atoms with Crippen LogP contribution in [0.15, 0.2) is 15.4 Å². The summed E-state index contributed by atoms with van der Waals surface area (Å²) in [6.07, 6.45) is 0.697. The Labute approximate surface area is 121 Å². The molecule has 0 aliphatic carbocycles. The van der Waals surface area contributed by atoms with Gasteiger partial charge >= 0.3 is 0 Å². The van der Waals surface area contributed by atoms with E-state index in [1.165, 1.54) is 6.07 Å². The van der Waals surface area contributed by atoms with Crippen LogP contribution in [0.25, 0.3) is 0 Å². The zero-order valence-corrected chi connectivity index (χ0v) is 13.9. The van der Waals surface area contributed by atoms with E-state index in [0.29, 0.717) is 6.42 Å². The van der Waals surface area contributed by atoms with Crippen molar-refractivity contribution in [2.45, 2.75) is 65.0 Å². The van der Waals surface area contributed by atoms with Crippen molar-refractivity contribution in [3.63, 3.8) is 0 Å². The highest BCUT2D eigenvalue weighted by Gasteiger charge is 2.32. The van der Waals surface area contributed by atoms with Gasteiger partial charge in [0.2, 0.25) is 10.0 Å². The van der Waals surface area contributed by atoms with Crippen molar-refractivity contribution in [2.75, 3.05) is 0 Å². The van der Waals surface area contributed by atoms with E-state index in [9.17, 15) is 8.42 Å². The van der Waals surface area contributed by atoms with Crippen LogP contribution >= 0.6 is 0 Å². The average molecular weight is 303 g/mol. The minimum Gasteiger partial charge on any atom is -0.462 e. The Kier molecular flexibility index (Phi) is 4.73. The summed E-state index contributed by atoms with van der Waals surface area (Å²) < 4.78 is 32.8. The van der Waals surface area contributed by atoms with Crippen molar-refractivity contribution >= 4 is 10.0 Å². The van der Waals surface area contributed by atoms with Gasteiger partial charge < -0.3 is 9.52 Å². The highest BCUT2D eigenvalue weighted by atomic mass is 32.2. The van der Waals surface area contributed by atoms with Crippen molar-refractivity contribution in [3.8, 4) is 0 Å². The number of hydrogen-bond donors (Lipinski definition) is 2. The number of sulfonamides is 1. The highest BCUT2D eigenvalue weighted by Crippen LogP contribution is 2.29. The van der Waals surface area contributed by atoms with Crippen LogP contribution in [0.1, 0.15) is 52.6 Å². The average Bonchev–Trinajstić information content (AvgIpc) is 2.54. The highest BCUT2D eigenvalue weighted by molar-refractivity contribution is 7.89. The normalized spacial score (nSPS) is 13.8. The Morgan fingerprint density at radius 1 is 1.25 bits per heavy atom. The molecule has 5 nitrogen and oxygen atoms in total. The number of hydrogen-bond acceptors (Lipinski definition) is 4. The fourth-order valence-corrected chi connectivity index (χ4v) is 4.27. The molecule has 1 aromatic heterocycles. The molecule has 1 aromatic rings. The van der Waals surface area contributed by atoms with E-state index in [1.807, 2.05) is 13.8 Å². The zero-order chi connectivity index (χ0) is 15.8. The van der Waals surface area contributed by atoms with Gasteiger partial charge in [0.05, 0.1) is 0 Å². The second-order valence-electron chi connectivity index (χ2n) is 7.02. The third kappa shape index (κ3) is 4.61. The first-order valence-corrected chi connectivity index (χ1v) is 8.09. The number of furan rings is 1. The van der Waals surface area contributed by atoms with Crippen molar-refractivity contribution in [1.82, 2.24) is 4.72 Å². The van der Waals surface area contributed by atoms with E-state index in [-0.39, 0.29) is 28.4 Å². The van der Waals surface area contributed by atoms with Gasteiger partial charge in [0, 0.05) is 11.6 Å². The van der Waals surface area contributed by atoms with E-state index >= 15 is 0 Å². The minimum absolute atomic E-state index is 0.00766. The summed E-state index contributed by atoms with van der Waals surface area (Å²) in [5.41, 5.74) is -0.562. The first-order valence-electron chi connectivity index (χ1n) is 6.60. The summed E-state index contributed by atoms with van der Waals surface area (Å²) in [7, 11) is -3.67. The third-order valence-electron chi connectivity index (χ3n) is 2.75. The number of aryl methyl sites for hydroxylation is 1. The van der Waals surface area contributed by atoms with E-state index in [4.69, 9.17) is 9.52 Å². The molecule has 1 rings (SSSR count). The topological polar surface area (TPSA) is 79.5 Å². The molecule has 0 unspecified atom stereocenters. The molecule has 20 heavy (non-hydrogen) atoms. The molecule has 0 aromatic carbocycles. The maximum absolute atomic E-state index is 12.4. The van der Waals surface area contributed by atoms with Crippen molar-refractivity contribution < 1.29 is 17.9 Å². The van der Waals surface area contributed by atoms with Gasteiger partial charge in [-0.25, -0.2) is 13.1 Å². The molecule has 1 heterocycles. The molecule has 0 saturated carbocycles. The lowest BCUT2D eigenvalue weighted by molar-refractivity contribution is 0.244. The van der Waals surface area contributed by atoms with E-state index in [2.05, 4.69) is 25.5 Å². The molecule has 0 aliphatic rings. The van der Waals surface area contributed by atoms with Crippen LogP contribution in [0, 0.1) is 12.3 Å². The fourth-order valence-electron chi connectivity index (χ4n) is 2.65. The SMILES string of the molecule is Cc1oc(CO)cc1S(=O)(=O)NC(C)(C)CC(C)(C)C. The van der Waals surface area contributed by atoms with Gasteiger partial charge in [-0.2, -0.15) is 0 Å². The van der Waals surface area contributed by atoms with E-state index in [0.717, 1.165) is 0 Å². The third-order valence-corrected chi connectivity index (χ3v) is 4.56. The quantitative estimate of drug-likeness (QED) is 0.876. The Hall–Kier alpha value is -0.850. The van der Waals surface area contributed by atoms with Crippen LogP contribution in [0.4, 0.5) is 0 Å². The van der Waals surface area contributed by atoms with Gasteiger partial charge in [0.1, 0.15) is 23.0 Å². The fraction of sp³-hybridized carbons (Fsp3) is 0.714. The number of aliphatic hydroxyl groups is 1. The molecule has 0 amide bonds. The van der Waals surface area contributed by atoms with Gasteiger partial charge in [-0.05, 0) is 32.6 Å². The predicted molar refractivity (Wildman–Crippen MR) is 77.8 cm³/mol. The molecule has 2 N–H and O–H groups in total. The molecule has 0 spiro atoms. The maximum Gasteiger partial charge on any atom is 0.244 e. The summed E-state index contributed by atoms with van der Waals surface area (Å²) in [5.74, 6) is 0.532. The zero-order valence-electron chi connectivity index (χ0n) is 13.1. The van der Waals surface area contributed by atoms with Gasteiger partial charge in [-0.1, -0.05) is 20.8 Å². The van der Waals surface area contributed by atoms with E-state index < -0.39 is 15.6 Å². The van der Waals surface area contributed by atoms with E-state index in [1.54, 1.807) is 6.92 Å². The Morgan fingerprint density at radius 2 is 1.80 bits per heavy atom. The lowest BCUT2D eigenvalue weighted by atomic mass is 9.82. The second-order valence-corrected chi connectivity index (χ2v) is 8.67. The van der Waals surface area contributed by atoms with Crippen LogP contribution in [0.5, 0.6) is 0 Å². The van der Waals surface area contributed by atoms with Crippen molar-refractivity contribution in [3.05, 3.63) is 17.6 Å². The number of nitrogens with one attached hydrogen (secondary N) is 1. The second kappa shape index (κ2) is 5.50. The van der Waals surface area contributed by atoms with Crippen LogP contribution in [0.3, 0.4) is 0 Å². The lowest BCUT2D eigenvalue weighted by Gasteiger charge is -2.32. The van der Waals surface area contributed by atoms with Gasteiger partial charge in [0.15, 0.2) is 0 Å². The number of rotatable bonds is 5. The largest absolute Gasteiger partial charge is 0.462 e. The molecule has 6 heteroatoms. The smallest absolute Gasteiger partial charge is 0.244 e. The van der Waals surface area contributed by atoms with Crippen molar-refractivity contribution in [1.29, 1.82) is 0 Å². The predicted octanol–water partition coefficient (Wildman–Crippen LogP) is 2.57. The maximum atomic E-state index is 12.4. The van der Waals surface area contributed by atoms with Crippen LogP contribution in [-0.2, 0) is 16.6 Å². The summed E-state index contributed by atoms with van der Waals surface area (Å²) >= 11 is 0. The molecular weight excluding hydrogens is 278 g/mol. The van der Waals surface area contributed by atoms with Gasteiger partial charge in [-0.3, -0.25) is 0 Å². The minimum atomic E-state index is -3.67. The molecule has 116 valence electrons. The first-order chi connectivity index (χ1) is 8.86. The Balaban J connectivity index is 3.03. The summed E-state index contributed by atoms with van der Waals surface area (Å²) in [6, 6.07) is 1.37. The summed E-state index contributed by atoms with van der Waals surface area (Å²) in [4.78, 5) is 0.0866. The molecule has 0 bridgehead atoms. The molecule has 0 aliphatic heterocycles. The molecular formula is C14H25NO4S. The molecule has 0 radical (unpaired) electrons. The standard InChI is InChI=1S/C14H25NO4S/c1-10-12(7-11(8-16)19-10)20(17,18)15-14(5,6)9-13(2,3)4/h7,15-16H,8-9H2,1-6H3. The van der Waals surface area contributed by atoms with Crippen LogP contribution in [0.2, 0.25) is 0 Å². The molecule has 0 atom stereocenters. The lowest BCUT2D eigenvalue weighted by Crippen LogP contribution is -2.45. The Bertz CT molecular complexity index is 564. The number of aliphatic hydroxyl groups excluding tert-OH is 1. The Morgan fingerprint density at radius 3 is 2.20 bits per heavy atom. The van der Waals surface area contributed by atoms with Crippen LogP contribution < -0.4 is 4.72 Å². The molecule has 0 fully saturated rings. The molecule has 0 saturated heterocycles. The van der Waals surface area contributed by atoms with Crippen molar-refractivity contribution in [2.24, 2.45) is 5.41 Å². The monoisotopic (exact) mass is 303 g/mol.